The molecule has 0 unspecified atom stereocenters. The van der Waals surface area contributed by atoms with Crippen molar-refractivity contribution in [2.45, 2.75) is 48.5 Å². The molecule has 1 atom stereocenters. The van der Waals surface area contributed by atoms with Crippen LogP contribution in [-0.2, 0) is 4.79 Å². The van der Waals surface area contributed by atoms with Gasteiger partial charge in [-0.1, -0.05) is 55.0 Å². The molecular weight excluding hydrogens is 172 g/mol. The average molecular weight is 196 g/mol. The summed E-state index contributed by atoms with van der Waals surface area (Å²) in [5, 5.41) is 0. The van der Waals surface area contributed by atoms with Crippen molar-refractivity contribution in [1.82, 2.24) is 0 Å². The average Bonchev–Trinajstić information content (AvgIpc) is 1.97. The van der Waals surface area contributed by atoms with Gasteiger partial charge in [0.15, 0.2) is 5.78 Å². The minimum absolute atomic E-state index is 0.0191. The predicted molar refractivity (Wildman–Crippen MR) is 62.2 cm³/mol. The number of allylic oxidation sites excluding steroid dienone is 1. The molecule has 0 aromatic carbocycles. The highest BCUT2D eigenvalue weighted by molar-refractivity contribution is 5.97. The first-order valence-corrected chi connectivity index (χ1v) is 5.21. The van der Waals surface area contributed by atoms with E-state index in [9.17, 15) is 4.79 Å². The van der Waals surface area contributed by atoms with E-state index in [1.807, 2.05) is 27.7 Å². The molecule has 1 nitrogen and oxygen atoms in total. The van der Waals surface area contributed by atoms with Crippen molar-refractivity contribution in [3.8, 4) is 0 Å². The summed E-state index contributed by atoms with van der Waals surface area (Å²) in [5.41, 5.74) is 0.641. The Kier molecular flexibility index (Phi) is 3.71. The summed E-state index contributed by atoms with van der Waals surface area (Å²) in [4.78, 5) is 12.0. The first kappa shape index (κ1) is 13.4. The molecule has 0 saturated carbocycles. The molecule has 0 saturated heterocycles. The molecule has 0 aromatic rings. The van der Waals surface area contributed by atoms with Gasteiger partial charge in [-0.05, 0) is 16.4 Å². The van der Waals surface area contributed by atoms with Crippen LogP contribution in [0.4, 0.5) is 0 Å². The Labute approximate surface area is 88.6 Å². The Balaban J connectivity index is 4.75. The van der Waals surface area contributed by atoms with Gasteiger partial charge in [-0.15, -0.1) is 0 Å². The van der Waals surface area contributed by atoms with E-state index in [1.54, 1.807) is 0 Å². The molecular formula is C13H24O. The minimum Gasteiger partial charge on any atom is -0.294 e. The van der Waals surface area contributed by atoms with E-state index in [4.69, 9.17) is 0 Å². The molecule has 0 rings (SSSR count). The molecule has 0 fully saturated rings. The largest absolute Gasteiger partial charge is 0.294 e. The Morgan fingerprint density at radius 3 is 1.64 bits per heavy atom. The zero-order valence-corrected chi connectivity index (χ0v) is 10.7. The van der Waals surface area contributed by atoms with Gasteiger partial charge in [0.05, 0.1) is 0 Å². The first-order chi connectivity index (χ1) is 5.98. The van der Waals surface area contributed by atoms with Crippen LogP contribution in [0.1, 0.15) is 48.5 Å². The fourth-order valence-corrected chi connectivity index (χ4v) is 1.02. The van der Waals surface area contributed by atoms with E-state index >= 15 is 0 Å². The van der Waals surface area contributed by atoms with Gasteiger partial charge in [0, 0.05) is 5.92 Å². The number of carbonyl (C=O) groups excluding carboxylic acids is 1. The zero-order chi connectivity index (χ0) is 11.7. The molecule has 14 heavy (non-hydrogen) atoms. The SMILES string of the molecule is C=C(C(=O)[C@H](C)C(C)(C)C)C(C)(C)C. The molecule has 0 spiro atoms. The molecule has 0 aliphatic rings. The number of Topliss-reactive ketones (excluding diaryl/α,β-unsaturated/α-hetero) is 1. The van der Waals surface area contributed by atoms with Crippen LogP contribution in [0.15, 0.2) is 12.2 Å². The van der Waals surface area contributed by atoms with Crippen LogP contribution in [-0.4, -0.2) is 5.78 Å². The topological polar surface area (TPSA) is 17.1 Å². The molecule has 0 amide bonds. The molecule has 0 aliphatic carbocycles. The van der Waals surface area contributed by atoms with Gasteiger partial charge in [-0.3, -0.25) is 4.79 Å². The molecule has 0 N–H and O–H groups in total. The number of ketones is 1. The van der Waals surface area contributed by atoms with Crippen LogP contribution in [0.3, 0.4) is 0 Å². The van der Waals surface area contributed by atoms with Gasteiger partial charge >= 0.3 is 0 Å². The third-order valence-electron chi connectivity index (χ3n) is 2.90. The molecule has 1 heteroatoms. The summed E-state index contributed by atoms with van der Waals surface area (Å²) in [6.45, 7) is 18.3. The summed E-state index contributed by atoms with van der Waals surface area (Å²) < 4.78 is 0. The van der Waals surface area contributed by atoms with E-state index in [0.29, 0.717) is 0 Å². The lowest BCUT2D eigenvalue weighted by Crippen LogP contribution is -2.30. The quantitative estimate of drug-likeness (QED) is 0.613. The summed E-state index contributed by atoms with van der Waals surface area (Å²) in [5.74, 6) is 0.235. The maximum absolute atomic E-state index is 12.0. The van der Waals surface area contributed by atoms with Crippen molar-refractivity contribution in [3.63, 3.8) is 0 Å². The zero-order valence-electron chi connectivity index (χ0n) is 10.7. The monoisotopic (exact) mass is 196 g/mol. The van der Waals surface area contributed by atoms with Crippen LogP contribution in [0, 0.1) is 16.7 Å². The summed E-state index contributed by atoms with van der Waals surface area (Å²) in [7, 11) is 0. The lowest BCUT2D eigenvalue weighted by molar-refractivity contribution is -0.122. The normalized spacial score (nSPS) is 15.1. The third kappa shape index (κ3) is 3.28. The van der Waals surface area contributed by atoms with Gasteiger partial charge in [-0.2, -0.15) is 0 Å². The van der Waals surface area contributed by atoms with E-state index < -0.39 is 0 Å². The van der Waals surface area contributed by atoms with E-state index in [0.717, 1.165) is 5.57 Å². The molecule has 0 heterocycles. The van der Waals surface area contributed by atoms with Crippen molar-refractivity contribution in [2.24, 2.45) is 16.7 Å². The van der Waals surface area contributed by atoms with E-state index in [1.165, 1.54) is 0 Å². The van der Waals surface area contributed by atoms with E-state index in [-0.39, 0.29) is 22.5 Å². The van der Waals surface area contributed by atoms with Gasteiger partial charge in [-0.25, -0.2) is 0 Å². The number of carbonyl (C=O) groups is 1. The van der Waals surface area contributed by atoms with Gasteiger partial charge < -0.3 is 0 Å². The minimum atomic E-state index is -0.114. The van der Waals surface area contributed by atoms with Crippen LogP contribution in [0.25, 0.3) is 0 Å². The molecule has 0 bridgehead atoms. The highest BCUT2D eigenvalue weighted by Gasteiger charge is 2.31. The fraction of sp³-hybridized carbons (Fsp3) is 0.769. The van der Waals surface area contributed by atoms with Crippen LogP contribution in [0.5, 0.6) is 0 Å². The Morgan fingerprint density at radius 1 is 1.07 bits per heavy atom. The molecule has 0 aromatic heterocycles. The smallest absolute Gasteiger partial charge is 0.162 e. The highest BCUT2D eigenvalue weighted by atomic mass is 16.1. The Hall–Kier alpha value is -0.590. The second-order valence-corrected chi connectivity index (χ2v) is 6.18. The summed E-state index contributed by atoms with van der Waals surface area (Å²) >= 11 is 0. The number of hydrogen-bond acceptors (Lipinski definition) is 1. The van der Waals surface area contributed by atoms with Gasteiger partial charge in [0.1, 0.15) is 0 Å². The van der Waals surface area contributed by atoms with Crippen molar-refractivity contribution in [1.29, 1.82) is 0 Å². The van der Waals surface area contributed by atoms with Gasteiger partial charge in [0.25, 0.3) is 0 Å². The fourth-order valence-electron chi connectivity index (χ4n) is 1.02. The molecule has 0 radical (unpaired) electrons. The van der Waals surface area contributed by atoms with Crippen LogP contribution >= 0.6 is 0 Å². The Morgan fingerprint density at radius 2 is 1.43 bits per heavy atom. The van der Waals surface area contributed by atoms with Crippen molar-refractivity contribution in [2.75, 3.05) is 0 Å². The van der Waals surface area contributed by atoms with E-state index in [2.05, 4.69) is 27.4 Å². The van der Waals surface area contributed by atoms with Crippen LogP contribution < -0.4 is 0 Å². The third-order valence-corrected chi connectivity index (χ3v) is 2.90. The summed E-state index contributed by atoms with van der Waals surface area (Å²) in [6.07, 6.45) is 0. The van der Waals surface area contributed by atoms with Gasteiger partial charge in [0.2, 0.25) is 0 Å². The lowest BCUT2D eigenvalue weighted by atomic mass is 9.73. The lowest BCUT2D eigenvalue weighted by Gasteiger charge is -2.30. The second kappa shape index (κ2) is 3.88. The van der Waals surface area contributed by atoms with Crippen molar-refractivity contribution < 1.29 is 4.79 Å². The predicted octanol–water partition coefficient (Wildman–Crippen LogP) is 3.84. The van der Waals surface area contributed by atoms with Crippen molar-refractivity contribution >= 4 is 5.78 Å². The highest BCUT2D eigenvalue weighted by Crippen LogP contribution is 2.33. The maximum Gasteiger partial charge on any atom is 0.162 e. The first-order valence-electron chi connectivity index (χ1n) is 5.21. The number of hydrogen-bond donors (Lipinski definition) is 0. The second-order valence-electron chi connectivity index (χ2n) is 6.18. The van der Waals surface area contributed by atoms with Crippen LogP contribution in [0.2, 0.25) is 0 Å². The maximum atomic E-state index is 12.0. The molecule has 0 aliphatic heterocycles. The summed E-state index contributed by atoms with van der Waals surface area (Å²) in [6, 6.07) is 0. The number of rotatable bonds is 2. The standard InChI is InChI=1S/C13H24O/c1-9(12(3,4)5)11(14)10(2)13(6,7)8/h10H,1H2,2-8H3/t10-/m0/s1. The Bertz CT molecular complexity index is 235. The molecule has 82 valence electrons. The van der Waals surface area contributed by atoms with Crippen molar-refractivity contribution in [3.05, 3.63) is 12.2 Å².